The maximum absolute atomic E-state index is 9.76. The molecule has 0 saturated carbocycles. The third-order valence-corrected chi connectivity index (χ3v) is 3.16. The van der Waals surface area contributed by atoms with Crippen molar-refractivity contribution in [2.24, 2.45) is 5.10 Å². The molecular weight excluding hydrogens is 298 g/mol. The number of nitrogens with zero attached hydrogens (tertiary/aromatic N) is 1. The maximum atomic E-state index is 9.76. The van der Waals surface area contributed by atoms with Gasteiger partial charge in [0.1, 0.15) is 11.5 Å². The zero-order valence-corrected chi connectivity index (χ0v) is 13.1. The van der Waals surface area contributed by atoms with Crippen molar-refractivity contribution in [1.82, 2.24) is 5.43 Å². The van der Waals surface area contributed by atoms with Gasteiger partial charge in [-0.1, -0.05) is 12.1 Å². The highest BCUT2D eigenvalue weighted by Crippen LogP contribution is 2.16. The van der Waals surface area contributed by atoms with Crippen molar-refractivity contribution in [3.63, 3.8) is 0 Å². The fourth-order valence-electron chi connectivity index (χ4n) is 1.81. The van der Waals surface area contributed by atoms with Crippen molar-refractivity contribution < 1.29 is 9.84 Å². The normalized spacial score (nSPS) is 10.9. The Morgan fingerprint density at radius 1 is 1.14 bits per heavy atom. The standard InChI is InChI=1S/C16H17N3O2S/c1-11(14-5-3-4-6-15(14)20)18-19-16(22)17-12-7-9-13(21-2)10-8-12/h3-10,20H,1-2H3,(H2,17,19,22)/b18-11+. The first-order valence-electron chi connectivity index (χ1n) is 6.64. The number of hydrazone groups is 1. The summed E-state index contributed by atoms with van der Waals surface area (Å²) in [6.07, 6.45) is 0. The fraction of sp³-hybridized carbons (Fsp3) is 0.125. The van der Waals surface area contributed by atoms with Crippen LogP contribution in [0.3, 0.4) is 0 Å². The summed E-state index contributed by atoms with van der Waals surface area (Å²) in [5, 5.41) is 17.3. The van der Waals surface area contributed by atoms with Gasteiger partial charge in [0.2, 0.25) is 0 Å². The van der Waals surface area contributed by atoms with Crippen LogP contribution in [0.5, 0.6) is 11.5 Å². The summed E-state index contributed by atoms with van der Waals surface area (Å²) in [6.45, 7) is 1.79. The number of anilines is 1. The minimum Gasteiger partial charge on any atom is -0.507 e. The van der Waals surface area contributed by atoms with Crippen LogP contribution in [-0.4, -0.2) is 23.0 Å². The van der Waals surface area contributed by atoms with Gasteiger partial charge in [0.25, 0.3) is 0 Å². The van der Waals surface area contributed by atoms with Gasteiger partial charge in [-0.05, 0) is 55.5 Å². The molecule has 22 heavy (non-hydrogen) atoms. The molecule has 2 aromatic carbocycles. The number of hydrogen-bond donors (Lipinski definition) is 3. The largest absolute Gasteiger partial charge is 0.507 e. The molecule has 0 bridgehead atoms. The Morgan fingerprint density at radius 3 is 2.45 bits per heavy atom. The molecule has 0 radical (unpaired) electrons. The number of benzene rings is 2. The Balaban J connectivity index is 1.97. The van der Waals surface area contributed by atoms with Crippen LogP contribution in [0.4, 0.5) is 5.69 Å². The van der Waals surface area contributed by atoms with Crippen LogP contribution in [0.25, 0.3) is 0 Å². The maximum Gasteiger partial charge on any atom is 0.191 e. The predicted octanol–water partition coefficient (Wildman–Crippen LogP) is 3.11. The molecule has 0 aliphatic carbocycles. The SMILES string of the molecule is COc1ccc(NC(=S)N/N=C(\C)c2ccccc2O)cc1. The summed E-state index contributed by atoms with van der Waals surface area (Å²) in [6, 6.07) is 14.4. The minimum atomic E-state index is 0.180. The molecule has 0 aromatic heterocycles. The Kier molecular flexibility index (Phi) is 5.32. The Morgan fingerprint density at radius 2 is 1.82 bits per heavy atom. The van der Waals surface area contributed by atoms with E-state index >= 15 is 0 Å². The van der Waals surface area contributed by atoms with Crippen LogP contribution in [-0.2, 0) is 0 Å². The van der Waals surface area contributed by atoms with Gasteiger partial charge < -0.3 is 15.2 Å². The molecule has 6 heteroatoms. The minimum absolute atomic E-state index is 0.180. The highest BCUT2D eigenvalue weighted by molar-refractivity contribution is 7.80. The van der Waals surface area contributed by atoms with E-state index in [9.17, 15) is 5.11 Å². The van der Waals surface area contributed by atoms with Crippen LogP contribution < -0.4 is 15.5 Å². The number of phenolic OH excluding ortho intramolecular Hbond substituents is 1. The van der Waals surface area contributed by atoms with Gasteiger partial charge in [-0.3, -0.25) is 5.43 Å². The van der Waals surface area contributed by atoms with Crippen LogP contribution in [0.15, 0.2) is 53.6 Å². The van der Waals surface area contributed by atoms with Gasteiger partial charge in [-0.15, -0.1) is 0 Å². The zero-order valence-electron chi connectivity index (χ0n) is 12.3. The first kappa shape index (κ1) is 15.8. The average Bonchev–Trinajstić information content (AvgIpc) is 2.54. The lowest BCUT2D eigenvalue weighted by Crippen LogP contribution is -2.24. The van der Waals surface area contributed by atoms with Crippen molar-refractivity contribution in [2.45, 2.75) is 6.92 Å². The smallest absolute Gasteiger partial charge is 0.191 e. The van der Waals surface area contributed by atoms with Crippen LogP contribution in [0.1, 0.15) is 12.5 Å². The summed E-state index contributed by atoms with van der Waals surface area (Å²) in [5.74, 6) is 0.956. The summed E-state index contributed by atoms with van der Waals surface area (Å²) in [5.41, 5.74) is 4.87. The monoisotopic (exact) mass is 315 g/mol. The molecule has 2 aromatic rings. The van der Waals surface area contributed by atoms with Crippen molar-refractivity contribution in [3.05, 3.63) is 54.1 Å². The topological polar surface area (TPSA) is 65.9 Å². The molecule has 0 aliphatic rings. The van der Waals surface area contributed by atoms with Crippen molar-refractivity contribution in [2.75, 3.05) is 12.4 Å². The van der Waals surface area contributed by atoms with Gasteiger partial charge in [0, 0.05) is 11.3 Å². The van der Waals surface area contributed by atoms with E-state index in [-0.39, 0.29) is 5.75 Å². The van der Waals surface area contributed by atoms with E-state index in [0.717, 1.165) is 11.4 Å². The molecule has 0 amide bonds. The highest BCUT2D eigenvalue weighted by Gasteiger charge is 2.03. The number of aromatic hydroxyl groups is 1. The first-order chi connectivity index (χ1) is 10.6. The number of phenols is 1. The lowest BCUT2D eigenvalue weighted by molar-refractivity contribution is 0.415. The molecule has 0 saturated heterocycles. The number of hydrogen-bond acceptors (Lipinski definition) is 4. The number of para-hydroxylation sites is 1. The zero-order chi connectivity index (χ0) is 15.9. The van der Waals surface area contributed by atoms with E-state index in [2.05, 4.69) is 15.8 Å². The highest BCUT2D eigenvalue weighted by atomic mass is 32.1. The molecule has 2 rings (SSSR count). The Bertz CT molecular complexity index is 684. The average molecular weight is 315 g/mol. The van der Waals surface area contributed by atoms with E-state index in [4.69, 9.17) is 17.0 Å². The van der Waals surface area contributed by atoms with E-state index < -0.39 is 0 Å². The fourth-order valence-corrected chi connectivity index (χ4v) is 1.97. The van der Waals surface area contributed by atoms with Crippen molar-refractivity contribution in [1.29, 1.82) is 0 Å². The molecule has 5 nitrogen and oxygen atoms in total. The third-order valence-electron chi connectivity index (χ3n) is 2.97. The second-order valence-corrected chi connectivity index (χ2v) is 4.92. The second kappa shape index (κ2) is 7.42. The van der Waals surface area contributed by atoms with Crippen molar-refractivity contribution in [3.8, 4) is 11.5 Å². The number of nitrogens with one attached hydrogen (secondary N) is 2. The number of thiocarbonyl (C=S) groups is 1. The number of rotatable bonds is 4. The van der Waals surface area contributed by atoms with Crippen LogP contribution >= 0.6 is 12.2 Å². The summed E-state index contributed by atoms with van der Waals surface area (Å²) >= 11 is 5.18. The van der Waals surface area contributed by atoms with E-state index in [1.165, 1.54) is 0 Å². The molecule has 0 heterocycles. The van der Waals surface area contributed by atoms with Gasteiger partial charge in [0.05, 0.1) is 12.8 Å². The molecule has 3 N–H and O–H groups in total. The van der Waals surface area contributed by atoms with E-state index in [1.807, 2.05) is 30.3 Å². The summed E-state index contributed by atoms with van der Waals surface area (Å²) in [4.78, 5) is 0. The van der Waals surface area contributed by atoms with Gasteiger partial charge in [0.15, 0.2) is 5.11 Å². The molecule has 0 fully saturated rings. The predicted molar refractivity (Wildman–Crippen MR) is 92.7 cm³/mol. The van der Waals surface area contributed by atoms with E-state index in [1.54, 1.807) is 32.2 Å². The summed E-state index contributed by atoms with van der Waals surface area (Å²) < 4.78 is 5.09. The Labute approximate surface area is 134 Å². The lowest BCUT2D eigenvalue weighted by atomic mass is 10.1. The van der Waals surface area contributed by atoms with Crippen LogP contribution in [0, 0.1) is 0 Å². The molecule has 0 atom stereocenters. The van der Waals surface area contributed by atoms with E-state index in [0.29, 0.717) is 16.4 Å². The first-order valence-corrected chi connectivity index (χ1v) is 7.04. The molecule has 0 unspecified atom stereocenters. The van der Waals surface area contributed by atoms with Gasteiger partial charge in [-0.25, -0.2) is 0 Å². The summed E-state index contributed by atoms with van der Waals surface area (Å²) in [7, 11) is 1.62. The Hall–Kier alpha value is -2.60. The quantitative estimate of drug-likeness (QED) is 0.459. The van der Waals surface area contributed by atoms with Gasteiger partial charge >= 0.3 is 0 Å². The molecule has 0 aliphatic heterocycles. The van der Waals surface area contributed by atoms with Crippen molar-refractivity contribution >= 4 is 28.7 Å². The molecular formula is C16H17N3O2S. The second-order valence-electron chi connectivity index (χ2n) is 4.51. The number of ether oxygens (including phenoxy) is 1. The third kappa shape index (κ3) is 4.20. The molecule has 114 valence electrons. The van der Waals surface area contributed by atoms with Gasteiger partial charge in [-0.2, -0.15) is 5.10 Å². The molecule has 0 spiro atoms. The number of methoxy groups -OCH3 is 1. The lowest BCUT2D eigenvalue weighted by Gasteiger charge is -2.09. The van der Waals surface area contributed by atoms with Crippen LogP contribution in [0.2, 0.25) is 0 Å².